The Kier molecular flexibility index (Phi) is 9.01. The van der Waals surface area contributed by atoms with Gasteiger partial charge in [0.1, 0.15) is 0 Å². The number of amides is 2. The summed E-state index contributed by atoms with van der Waals surface area (Å²) in [6.45, 7) is 25.8. The predicted molar refractivity (Wildman–Crippen MR) is 126 cm³/mol. The van der Waals surface area contributed by atoms with Crippen LogP contribution in [0.15, 0.2) is 12.3 Å². The topological polar surface area (TPSA) is 70.2 Å². The molecule has 3 saturated heterocycles. The molecule has 0 aromatic rings. The van der Waals surface area contributed by atoms with Crippen molar-refractivity contribution in [3.63, 3.8) is 0 Å². The van der Waals surface area contributed by atoms with Crippen LogP contribution in [0, 0.1) is 28.1 Å². The Morgan fingerprint density at radius 2 is 1.40 bits per heavy atom. The van der Waals surface area contributed by atoms with E-state index in [9.17, 15) is 9.59 Å². The van der Waals surface area contributed by atoms with Crippen molar-refractivity contribution < 1.29 is 9.59 Å². The molecule has 0 spiro atoms. The van der Waals surface area contributed by atoms with Crippen molar-refractivity contribution in [2.45, 2.75) is 94.0 Å². The largest absolute Gasteiger partial charge is 0.389 e. The molecule has 3 heterocycles. The summed E-state index contributed by atoms with van der Waals surface area (Å²) < 4.78 is 0. The van der Waals surface area contributed by atoms with Gasteiger partial charge in [-0.1, -0.05) is 68.9 Å². The van der Waals surface area contributed by atoms with Gasteiger partial charge in [0, 0.05) is 43.6 Å². The zero-order valence-electron chi connectivity index (χ0n) is 21.0. The van der Waals surface area contributed by atoms with Gasteiger partial charge < -0.3 is 16.0 Å². The van der Waals surface area contributed by atoms with Gasteiger partial charge in [0.05, 0.1) is 0 Å². The number of rotatable bonds is 0. The molecule has 0 saturated carbocycles. The number of hydrogen-bond donors (Lipinski definition) is 3. The zero-order valence-corrected chi connectivity index (χ0v) is 21.0. The predicted octanol–water partition coefficient (Wildman–Crippen LogP) is 4.64. The molecule has 5 heteroatoms. The normalized spacial score (nSPS) is 26.7. The highest BCUT2D eigenvalue weighted by molar-refractivity contribution is 5.78. The summed E-state index contributed by atoms with van der Waals surface area (Å²) in [5, 5.41) is 9.07. The summed E-state index contributed by atoms with van der Waals surface area (Å²) >= 11 is 0. The van der Waals surface area contributed by atoms with Gasteiger partial charge in [-0.25, -0.2) is 0 Å². The van der Waals surface area contributed by atoms with E-state index in [0.717, 1.165) is 19.5 Å². The second-order valence-electron chi connectivity index (χ2n) is 12.3. The lowest BCUT2D eigenvalue weighted by Crippen LogP contribution is -2.36. The van der Waals surface area contributed by atoms with Crippen LogP contribution in [0.3, 0.4) is 0 Å². The lowest BCUT2D eigenvalue weighted by Gasteiger charge is -2.26. The molecule has 2 amide bonds. The first-order valence-electron chi connectivity index (χ1n) is 11.5. The Morgan fingerprint density at radius 1 is 0.800 bits per heavy atom. The Balaban J connectivity index is 0.000000225. The molecule has 5 nitrogen and oxygen atoms in total. The highest BCUT2D eigenvalue weighted by atomic mass is 16.2. The van der Waals surface area contributed by atoms with Gasteiger partial charge >= 0.3 is 0 Å². The quantitative estimate of drug-likeness (QED) is 0.534. The van der Waals surface area contributed by atoms with Crippen LogP contribution in [0.2, 0.25) is 0 Å². The van der Waals surface area contributed by atoms with E-state index in [1.807, 2.05) is 0 Å². The number of carbonyl (C=O) groups is 2. The van der Waals surface area contributed by atoms with E-state index in [1.165, 1.54) is 12.1 Å². The van der Waals surface area contributed by atoms with Crippen LogP contribution in [0.1, 0.15) is 88.0 Å². The summed E-state index contributed by atoms with van der Waals surface area (Å²) in [7, 11) is 0. The maximum atomic E-state index is 10.8. The maximum absolute atomic E-state index is 10.8. The second kappa shape index (κ2) is 10.2. The minimum absolute atomic E-state index is 0.208. The van der Waals surface area contributed by atoms with Gasteiger partial charge in [0.15, 0.2) is 0 Å². The third-order valence-electron chi connectivity index (χ3n) is 6.49. The molecule has 30 heavy (non-hydrogen) atoms. The van der Waals surface area contributed by atoms with Gasteiger partial charge in [0.25, 0.3) is 0 Å². The van der Waals surface area contributed by atoms with Crippen LogP contribution in [0.4, 0.5) is 0 Å². The molecule has 0 aromatic carbocycles. The van der Waals surface area contributed by atoms with Crippen molar-refractivity contribution in [2.24, 2.45) is 28.1 Å². The maximum Gasteiger partial charge on any atom is 0.220 e. The van der Waals surface area contributed by atoms with Crippen LogP contribution >= 0.6 is 0 Å². The Bertz CT molecular complexity index is 569. The van der Waals surface area contributed by atoms with Gasteiger partial charge in [-0.2, -0.15) is 0 Å². The summed E-state index contributed by atoms with van der Waals surface area (Å²) in [6.07, 6.45) is 3.68. The van der Waals surface area contributed by atoms with Crippen molar-refractivity contribution in [2.75, 3.05) is 13.1 Å². The molecule has 3 rings (SSSR count). The fourth-order valence-corrected chi connectivity index (χ4v) is 4.11. The molecule has 0 radical (unpaired) electrons. The minimum Gasteiger partial charge on any atom is -0.389 e. The van der Waals surface area contributed by atoms with E-state index in [0.29, 0.717) is 36.1 Å². The van der Waals surface area contributed by atoms with Gasteiger partial charge in [-0.15, -0.1) is 0 Å². The molecular weight excluding hydrogens is 374 g/mol. The molecule has 3 atom stereocenters. The minimum atomic E-state index is 0.208. The smallest absolute Gasteiger partial charge is 0.220 e. The first-order valence-corrected chi connectivity index (χ1v) is 11.5. The first kappa shape index (κ1) is 26.5. The Hall–Kier alpha value is -1.52. The Labute approximate surface area is 185 Å². The molecule has 0 bridgehead atoms. The van der Waals surface area contributed by atoms with Crippen LogP contribution in [0.25, 0.3) is 0 Å². The number of hydrogen-bond acceptors (Lipinski definition) is 3. The standard InChI is InChI=1S/C9H17N.2C8H15NO/c1-7-8(5-6-10-7)9(2,3)4;1-8(2,3)6-4-7(10)9-5-6;1-8(2,3)6-4-5-7(10)9-6/h8,10H,1,5-6H2,2-4H3;2*6H,4-5H2,1-3H3,(H,9,10). The van der Waals surface area contributed by atoms with Crippen LogP contribution in [-0.4, -0.2) is 30.9 Å². The van der Waals surface area contributed by atoms with Gasteiger partial charge in [0.2, 0.25) is 11.8 Å². The molecule has 3 unspecified atom stereocenters. The Morgan fingerprint density at radius 3 is 1.60 bits per heavy atom. The highest BCUT2D eigenvalue weighted by Gasteiger charge is 2.32. The molecule has 0 aliphatic carbocycles. The summed E-state index contributed by atoms with van der Waals surface area (Å²) in [4.78, 5) is 21.6. The number of nitrogens with one attached hydrogen (secondary N) is 3. The summed E-state index contributed by atoms with van der Waals surface area (Å²) in [6, 6.07) is 0.389. The summed E-state index contributed by atoms with van der Waals surface area (Å²) in [5.74, 6) is 1.62. The molecular formula is C25H47N3O2. The SMILES string of the molecule is C=C1NCCC1C(C)(C)C.CC(C)(C)C1CCC(=O)N1.CC(C)(C)C1CNC(=O)C1. The number of allylic oxidation sites excluding steroid dienone is 1. The molecule has 3 fully saturated rings. The van der Waals surface area contributed by atoms with Gasteiger partial charge in [-0.3, -0.25) is 9.59 Å². The zero-order chi connectivity index (χ0) is 23.3. The molecule has 3 N–H and O–H groups in total. The lowest BCUT2D eigenvalue weighted by molar-refractivity contribution is -0.120. The van der Waals surface area contributed by atoms with Crippen LogP contribution < -0.4 is 16.0 Å². The van der Waals surface area contributed by atoms with Crippen molar-refractivity contribution in [1.82, 2.24) is 16.0 Å². The highest BCUT2D eigenvalue weighted by Crippen LogP contribution is 2.35. The summed E-state index contributed by atoms with van der Waals surface area (Å²) in [5.41, 5.74) is 2.12. The van der Waals surface area contributed by atoms with Crippen molar-refractivity contribution in [3.8, 4) is 0 Å². The average molecular weight is 422 g/mol. The average Bonchev–Trinajstić information content (AvgIpc) is 3.27. The molecule has 3 aliphatic rings. The molecule has 174 valence electrons. The van der Waals surface area contributed by atoms with E-state index < -0.39 is 0 Å². The van der Waals surface area contributed by atoms with E-state index >= 15 is 0 Å². The fraction of sp³-hybridized carbons (Fsp3) is 0.840. The fourth-order valence-electron chi connectivity index (χ4n) is 4.11. The van der Waals surface area contributed by atoms with Crippen LogP contribution in [-0.2, 0) is 9.59 Å². The first-order chi connectivity index (χ1) is 13.5. The third kappa shape index (κ3) is 8.69. The van der Waals surface area contributed by atoms with Crippen molar-refractivity contribution in [3.05, 3.63) is 12.3 Å². The number of carbonyl (C=O) groups excluding carboxylic acids is 2. The van der Waals surface area contributed by atoms with Gasteiger partial charge in [-0.05, 0) is 35.0 Å². The van der Waals surface area contributed by atoms with Crippen molar-refractivity contribution in [1.29, 1.82) is 0 Å². The third-order valence-corrected chi connectivity index (χ3v) is 6.49. The van der Waals surface area contributed by atoms with E-state index in [1.54, 1.807) is 0 Å². The second-order valence-corrected chi connectivity index (χ2v) is 12.3. The van der Waals surface area contributed by atoms with Crippen LogP contribution in [0.5, 0.6) is 0 Å². The van der Waals surface area contributed by atoms with Crippen molar-refractivity contribution >= 4 is 11.8 Å². The molecule has 0 aromatic heterocycles. The molecule has 3 aliphatic heterocycles. The lowest BCUT2D eigenvalue weighted by atomic mass is 9.79. The van der Waals surface area contributed by atoms with E-state index in [-0.39, 0.29) is 22.6 Å². The van der Waals surface area contributed by atoms with E-state index in [4.69, 9.17) is 0 Å². The monoisotopic (exact) mass is 421 g/mol. The van der Waals surface area contributed by atoms with E-state index in [2.05, 4.69) is 84.8 Å².